The number of nitrogens with zero attached hydrogens (tertiary/aromatic N) is 8. The molecule has 0 aromatic carbocycles. The maximum atomic E-state index is 12.2. The van der Waals surface area contributed by atoms with Gasteiger partial charge in [-0.15, -0.1) is 0 Å². The van der Waals surface area contributed by atoms with Crippen molar-refractivity contribution in [2.24, 2.45) is 14.1 Å². The number of aryl methyl sites for hydroxylation is 2. The van der Waals surface area contributed by atoms with Crippen molar-refractivity contribution in [3.8, 4) is 5.82 Å². The molecule has 3 aromatic heterocycles. The normalized spacial score (nSPS) is 14.5. The Balaban J connectivity index is 1.54. The van der Waals surface area contributed by atoms with Crippen LogP contribution in [-0.4, -0.2) is 55.1 Å². The van der Waals surface area contributed by atoms with Gasteiger partial charge in [0.1, 0.15) is 18.0 Å². The van der Waals surface area contributed by atoms with E-state index in [-0.39, 0.29) is 11.2 Å². The van der Waals surface area contributed by atoms with Crippen molar-refractivity contribution in [1.29, 1.82) is 0 Å². The summed E-state index contributed by atoms with van der Waals surface area (Å²) in [5.41, 5.74) is 1.34. The van der Waals surface area contributed by atoms with E-state index in [1.54, 1.807) is 13.4 Å². The van der Waals surface area contributed by atoms with Gasteiger partial charge in [-0.05, 0) is 19.9 Å². The van der Waals surface area contributed by atoms with Crippen molar-refractivity contribution in [3.63, 3.8) is 0 Å². The number of piperazine rings is 1. The topological polar surface area (TPSA) is 94.1 Å². The lowest BCUT2D eigenvalue weighted by atomic mass is 10.3. The predicted molar refractivity (Wildman–Crippen MR) is 110 cm³/mol. The number of anilines is 2. The minimum atomic E-state index is -0.319. The Morgan fingerprint density at radius 1 is 0.828 bits per heavy atom. The van der Waals surface area contributed by atoms with E-state index in [4.69, 9.17) is 0 Å². The van der Waals surface area contributed by atoms with Gasteiger partial charge >= 0.3 is 5.69 Å². The summed E-state index contributed by atoms with van der Waals surface area (Å²) in [4.78, 5) is 37.2. The van der Waals surface area contributed by atoms with Crippen molar-refractivity contribution in [1.82, 2.24) is 28.9 Å². The molecule has 0 saturated carbocycles. The van der Waals surface area contributed by atoms with Crippen LogP contribution in [0.5, 0.6) is 0 Å². The standard InChI is InChI=1S/C19H24N8O2/c1-13-9-14(2)27(22-13)16-10-15(20-12-21-16)25-5-7-26(8-6-25)17-11-18(28)24(4)19(29)23(17)3/h9-12H,5-8H2,1-4H3. The lowest BCUT2D eigenvalue weighted by molar-refractivity contribution is 0.606. The summed E-state index contributed by atoms with van der Waals surface area (Å²) in [7, 11) is 3.18. The van der Waals surface area contributed by atoms with Crippen molar-refractivity contribution in [2.45, 2.75) is 13.8 Å². The van der Waals surface area contributed by atoms with Gasteiger partial charge in [0.25, 0.3) is 5.56 Å². The Labute approximate surface area is 167 Å². The van der Waals surface area contributed by atoms with Crippen LogP contribution in [0, 0.1) is 13.8 Å². The number of rotatable bonds is 3. The Hall–Kier alpha value is -3.43. The van der Waals surface area contributed by atoms with E-state index in [0.29, 0.717) is 18.9 Å². The maximum absolute atomic E-state index is 12.2. The van der Waals surface area contributed by atoms with Crippen molar-refractivity contribution in [2.75, 3.05) is 36.0 Å². The van der Waals surface area contributed by atoms with Gasteiger partial charge < -0.3 is 9.80 Å². The zero-order valence-corrected chi connectivity index (χ0v) is 17.0. The first kappa shape index (κ1) is 18.9. The first-order valence-corrected chi connectivity index (χ1v) is 9.48. The summed E-state index contributed by atoms with van der Waals surface area (Å²) < 4.78 is 4.44. The van der Waals surface area contributed by atoms with Gasteiger partial charge in [-0.25, -0.2) is 19.4 Å². The van der Waals surface area contributed by atoms with Crippen LogP contribution in [0.15, 0.2) is 34.1 Å². The third-order valence-corrected chi connectivity index (χ3v) is 5.29. The molecule has 29 heavy (non-hydrogen) atoms. The van der Waals surface area contributed by atoms with Crippen LogP contribution in [-0.2, 0) is 14.1 Å². The molecule has 4 heterocycles. The largest absolute Gasteiger partial charge is 0.354 e. The molecule has 1 aliphatic rings. The van der Waals surface area contributed by atoms with Gasteiger partial charge in [0.05, 0.1) is 5.69 Å². The van der Waals surface area contributed by atoms with E-state index in [9.17, 15) is 9.59 Å². The molecule has 0 spiro atoms. The van der Waals surface area contributed by atoms with Gasteiger partial charge in [0, 0.05) is 58.1 Å². The fraction of sp³-hybridized carbons (Fsp3) is 0.421. The molecule has 1 fully saturated rings. The quantitative estimate of drug-likeness (QED) is 0.615. The summed E-state index contributed by atoms with van der Waals surface area (Å²) in [6.45, 7) is 6.75. The van der Waals surface area contributed by atoms with E-state index < -0.39 is 0 Å². The van der Waals surface area contributed by atoms with Crippen LogP contribution in [0.25, 0.3) is 5.82 Å². The van der Waals surface area contributed by atoms with E-state index in [1.807, 2.05) is 30.7 Å². The lowest BCUT2D eigenvalue weighted by Crippen LogP contribution is -2.49. The molecular formula is C19H24N8O2. The average Bonchev–Trinajstić information content (AvgIpc) is 3.07. The van der Waals surface area contributed by atoms with Crippen molar-refractivity contribution < 1.29 is 0 Å². The number of aromatic nitrogens is 6. The first-order valence-electron chi connectivity index (χ1n) is 9.48. The van der Waals surface area contributed by atoms with E-state index >= 15 is 0 Å². The Morgan fingerprint density at radius 3 is 2.14 bits per heavy atom. The smallest absolute Gasteiger partial charge is 0.332 e. The molecular weight excluding hydrogens is 372 g/mol. The molecule has 1 aliphatic heterocycles. The van der Waals surface area contributed by atoms with Gasteiger partial charge in [-0.2, -0.15) is 5.10 Å². The number of hydrogen-bond donors (Lipinski definition) is 0. The first-order chi connectivity index (χ1) is 13.8. The van der Waals surface area contributed by atoms with Crippen LogP contribution in [0.3, 0.4) is 0 Å². The molecule has 10 nitrogen and oxygen atoms in total. The summed E-state index contributed by atoms with van der Waals surface area (Å²) in [5.74, 6) is 2.21. The summed E-state index contributed by atoms with van der Waals surface area (Å²) in [5, 5.41) is 4.49. The summed E-state index contributed by atoms with van der Waals surface area (Å²) in [6, 6.07) is 5.46. The molecule has 0 radical (unpaired) electrons. The summed E-state index contributed by atoms with van der Waals surface area (Å²) in [6.07, 6.45) is 1.55. The third kappa shape index (κ3) is 3.41. The van der Waals surface area contributed by atoms with Gasteiger partial charge in [-0.3, -0.25) is 13.9 Å². The molecule has 0 unspecified atom stereocenters. The highest BCUT2D eigenvalue weighted by Crippen LogP contribution is 2.19. The second kappa shape index (κ2) is 7.19. The van der Waals surface area contributed by atoms with Gasteiger partial charge in [0.15, 0.2) is 5.82 Å². The molecule has 0 amide bonds. The Bertz CT molecular complexity index is 1170. The molecule has 152 valence electrons. The van der Waals surface area contributed by atoms with Crippen molar-refractivity contribution >= 4 is 11.6 Å². The second-order valence-corrected chi connectivity index (χ2v) is 7.29. The fourth-order valence-corrected chi connectivity index (χ4v) is 3.68. The minimum absolute atomic E-state index is 0.296. The monoisotopic (exact) mass is 396 g/mol. The highest BCUT2D eigenvalue weighted by Gasteiger charge is 2.21. The van der Waals surface area contributed by atoms with Gasteiger partial charge in [-0.1, -0.05) is 0 Å². The molecule has 10 heteroatoms. The fourth-order valence-electron chi connectivity index (χ4n) is 3.68. The van der Waals surface area contributed by atoms with E-state index in [1.165, 1.54) is 17.7 Å². The molecule has 0 atom stereocenters. The van der Waals surface area contributed by atoms with Crippen LogP contribution >= 0.6 is 0 Å². The molecule has 4 rings (SSSR count). The summed E-state index contributed by atoms with van der Waals surface area (Å²) >= 11 is 0. The second-order valence-electron chi connectivity index (χ2n) is 7.29. The highest BCUT2D eigenvalue weighted by molar-refractivity contribution is 5.47. The number of hydrogen-bond acceptors (Lipinski definition) is 7. The molecule has 0 aliphatic carbocycles. The minimum Gasteiger partial charge on any atom is -0.354 e. The Kier molecular flexibility index (Phi) is 4.69. The zero-order chi connectivity index (χ0) is 20.7. The van der Waals surface area contributed by atoms with Crippen molar-refractivity contribution in [3.05, 3.63) is 56.8 Å². The highest BCUT2D eigenvalue weighted by atomic mass is 16.2. The van der Waals surface area contributed by atoms with Crippen LogP contribution < -0.4 is 21.0 Å². The predicted octanol–water partition coefficient (Wildman–Crippen LogP) is 0.00314. The van der Waals surface area contributed by atoms with Crippen LogP contribution in [0.1, 0.15) is 11.4 Å². The molecule has 0 N–H and O–H groups in total. The molecule has 1 saturated heterocycles. The van der Waals surface area contributed by atoms with E-state index in [2.05, 4.69) is 24.9 Å². The maximum Gasteiger partial charge on any atom is 0.332 e. The Morgan fingerprint density at radius 2 is 1.48 bits per heavy atom. The van der Waals surface area contributed by atoms with Gasteiger partial charge in [0.2, 0.25) is 0 Å². The average molecular weight is 396 g/mol. The van der Waals surface area contributed by atoms with Crippen LogP contribution in [0.2, 0.25) is 0 Å². The lowest BCUT2D eigenvalue weighted by Gasteiger charge is -2.37. The molecule has 3 aromatic rings. The van der Waals surface area contributed by atoms with Crippen LogP contribution in [0.4, 0.5) is 11.6 Å². The zero-order valence-electron chi connectivity index (χ0n) is 17.0. The van der Waals surface area contributed by atoms with E-state index in [0.717, 1.165) is 40.7 Å². The molecule has 0 bridgehead atoms. The SMILES string of the molecule is Cc1cc(C)n(-c2cc(N3CCN(c4cc(=O)n(C)c(=O)n4C)CC3)ncn2)n1. The third-order valence-electron chi connectivity index (χ3n) is 5.29.